The lowest BCUT2D eigenvalue weighted by Gasteiger charge is -2.30. The molecule has 0 radical (unpaired) electrons. The molecule has 6 heteroatoms. The van der Waals surface area contributed by atoms with Crippen LogP contribution in [0.25, 0.3) is 10.9 Å². The first kappa shape index (κ1) is 19.7. The Bertz CT molecular complexity index is 1060. The van der Waals surface area contributed by atoms with E-state index in [-0.39, 0.29) is 17.0 Å². The van der Waals surface area contributed by atoms with Crippen molar-refractivity contribution in [3.05, 3.63) is 76.1 Å². The molecule has 0 spiro atoms. The molecule has 2 aromatic carbocycles. The number of carbonyl (C=O) groups excluding carboxylic acids is 1. The number of aromatic nitrogens is 2. The van der Waals surface area contributed by atoms with Gasteiger partial charge in [0.2, 0.25) is 0 Å². The van der Waals surface area contributed by atoms with E-state index in [4.69, 9.17) is 4.98 Å². The van der Waals surface area contributed by atoms with Crippen LogP contribution in [0.2, 0.25) is 0 Å². The highest BCUT2D eigenvalue weighted by Crippen LogP contribution is 2.23. The van der Waals surface area contributed by atoms with Crippen LogP contribution in [0.15, 0.2) is 53.3 Å². The van der Waals surface area contributed by atoms with Crippen molar-refractivity contribution < 1.29 is 9.18 Å². The first-order chi connectivity index (χ1) is 13.5. The quantitative estimate of drug-likeness (QED) is 0.644. The van der Waals surface area contributed by atoms with Gasteiger partial charge in [-0.3, -0.25) is 14.2 Å². The van der Waals surface area contributed by atoms with E-state index in [1.165, 1.54) is 18.2 Å². The summed E-state index contributed by atoms with van der Waals surface area (Å²) in [6.07, 6.45) is 0.731. The summed E-state index contributed by atoms with van der Waals surface area (Å²) in [5, 5.41) is 0.554. The van der Waals surface area contributed by atoms with E-state index in [0.29, 0.717) is 29.8 Å². The number of nitrogens with zero attached hydrogens (tertiary/aromatic N) is 3. The second-order valence-corrected chi connectivity index (χ2v) is 6.72. The fourth-order valence-electron chi connectivity index (χ4n) is 3.45. The highest BCUT2D eigenvalue weighted by Gasteiger charge is 2.26. The van der Waals surface area contributed by atoms with Crippen molar-refractivity contribution in [2.24, 2.45) is 0 Å². The lowest BCUT2D eigenvalue weighted by atomic mass is 10.1. The zero-order valence-electron chi connectivity index (χ0n) is 16.4. The third-order valence-corrected chi connectivity index (χ3v) is 4.85. The molecule has 146 valence electrons. The van der Waals surface area contributed by atoms with Crippen molar-refractivity contribution in [3.8, 4) is 0 Å². The Morgan fingerprint density at radius 1 is 1.18 bits per heavy atom. The highest BCUT2D eigenvalue weighted by molar-refractivity contribution is 5.94. The smallest absolute Gasteiger partial charge is 0.261 e. The predicted molar refractivity (Wildman–Crippen MR) is 108 cm³/mol. The van der Waals surface area contributed by atoms with Gasteiger partial charge in [-0.25, -0.2) is 9.37 Å². The van der Waals surface area contributed by atoms with Crippen molar-refractivity contribution in [2.75, 3.05) is 6.54 Å². The Labute approximate surface area is 163 Å². The van der Waals surface area contributed by atoms with Crippen molar-refractivity contribution in [1.29, 1.82) is 0 Å². The first-order valence-corrected chi connectivity index (χ1v) is 9.53. The van der Waals surface area contributed by atoms with Crippen LogP contribution in [0.1, 0.15) is 49.4 Å². The molecule has 1 aromatic heterocycles. The molecule has 0 bridgehead atoms. The minimum atomic E-state index is -0.454. The molecule has 0 aliphatic rings. The summed E-state index contributed by atoms with van der Waals surface area (Å²) in [7, 11) is 0. The molecule has 0 saturated carbocycles. The predicted octanol–water partition coefficient (Wildman–Crippen LogP) is 4.17. The van der Waals surface area contributed by atoms with Gasteiger partial charge in [0, 0.05) is 18.7 Å². The van der Waals surface area contributed by atoms with E-state index >= 15 is 0 Å². The lowest BCUT2D eigenvalue weighted by molar-refractivity contribution is 0.0678. The average Bonchev–Trinajstić information content (AvgIpc) is 2.71. The third kappa shape index (κ3) is 3.67. The van der Waals surface area contributed by atoms with Gasteiger partial charge < -0.3 is 4.90 Å². The van der Waals surface area contributed by atoms with Gasteiger partial charge in [0.05, 0.1) is 16.9 Å². The number of fused-ring (bicyclic) bond motifs is 1. The molecule has 1 heterocycles. The molecule has 28 heavy (non-hydrogen) atoms. The largest absolute Gasteiger partial charge is 0.329 e. The number of hydrogen-bond acceptors (Lipinski definition) is 3. The van der Waals surface area contributed by atoms with Crippen LogP contribution in [-0.4, -0.2) is 26.9 Å². The van der Waals surface area contributed by atoms with Gasteiger partial charge in [-0.1, -0.05) is 25.1 Å². The van der Waals surface area contributed by atoms with E-state index < -0.39 is 11.9 Å². The normalized spacial score (nSPS) is 12.1. The fourth-order valence-corrected chi connectivity index (χ4v) is 3.45. The minimum Gasteiger partial charge on any atom is -0.329 e. The van der Waals surface area contributed by atoms with Crippen molar-refractivity contribution in [2.45, 2.75) is 39.8 Å². The molecule has 0 aliphatic heterocycles. The number of rotatable bonds is 6. The molecule has 0 fully saturated rings. The topological polar surface area (TPSA) is 55.2 Å². The molecule has 1 atom stereocenters. The molecule has 3 aromatic rings. The molecule has 5 nitrogen and oxygen atoms in total. The minimum absolute atomic E-state index is 0.121. The van der Waals surface area contributed by atoms with Crippen LogP contribution in [0.5, 0.6) is 0 Å². The molecular formula is C22H24FN3O2. The van der Waals surface area contributed by atoms with Crippen molar-refractivity contribution in [1.82, 2.24) is 14.5 Å². The van der Waals surface area contributed by atoms with E-state index in [0.717, 1.165) is 6.42 Å². The number of para-hydroxylation sites is 1. The Hall–Kier alpha value is -3.02. The van der Waals surface area contributed by atoms with Gasteiger partial charge in [0.1, 0.15) is 11.6 Å². The standard InChI is InChI=1S/C22H24FN3O2/c1-4-13-26(21(27)16-9-8-10-17(23)14-16)15(3)20-24-19-12-7-6-11-18(19)22(28)25(20)5-2/h6-12,14-15H,4-5,13H2,1-3H3. The van der Waals surface area contributed by atoms with Gasteiger partial charge in [-0.05, 0) is 50.6 Å². The maximum absolute atomic E-state index is 13.6. The highest BCUT2D eigenvalue weighted by atomic mass is 19.1. The van der Waals surface area contributed by atoms with Crippen LogP contribution in [-0.2, 0) is 6.54 Å². The van der Waals surface area contributed by atoms with Crippen LogP contribution in [0, 0.1) is 5.82 Å². The monoisotopic (exact) mass is 381 g/mol. The molecule has 0 saturated heterocycles. The van der Waals surface area contributed by atoms with Crippen LogP contribution >= 0.6 is 0 Å². The van der Waals surface area contributed by atoms with Gasteiger partial charge in [0.15, 0.2) is 0 Å². The van der Waals surface area contributed by atoms with Gasteiger partial charge in [-0.15, -0.1) is 0 Å². The second kappa shape index (κ2) is 8.33. The van der Waals surface area contributed by atoms with E-state index in [2.05, 4.69) is 0 Å². The lowest BCUT2D eigenvalue weighted by Crippen LogP contribution is -2.38. The zero-order chi connectivity index (χ0) is 20.3. The Balaban J connectivity index is 2.10. The van der Waals surface area contributed by atoms with Crippen molar-refractivity contribution in [3.63, 3.8) is 0 Å². The maximum atomic E-state index is 13.6. The van der Waals surface area contributed by atoms with E-state index in [9.17, 15) is 14.0 Å². The second-order valence-electron chi connectivity index (χ2n) is 6.72. The van der Waals surface area contributed by atoms with Gasteiger partial charge in [-0.2, -0.15) is 0 Å². The molecule has 0 N–H and O–H groups in total. The Morgan fingerprint density at radius 2 is 1.93 bits per heavy atom. The van der Waals surface area contributed by atoms with Crippen LogP contribution in [0.3, 0.4) is 0 Å². The first-order valence-electron chi connectivity index (χ1n) is 9.53. The Kier molecular flexibility index (Phi) is 5.87. The number of halogens is 1. The van der Waals surface area contributed by atoms with Crippen LogP contribution in [0.4, 0.5) is 4.39 Å². The summed E-state index contributed by atoms with van der Waals surface area (Å²) in [5.74, 6) is -0.201. The van der Waals surface area contributed by atoms with Gasteiger partial charge in [0.25, 0.3) is 11.5 Å². The zero-order valence-corrected chi connectivity index (χ0v) is 16.4. The molecular weight excluding hydrogens is 357 g/mol. The fraction of sp³-hybridized carbons (Fsp3) is 0.318. The maximum Gasteiger partial charge on any atom is 0.261 e. The van der Waals surface area contributed by atoms with Gasteiger partial charge >= 0.3 is 0 Å². The number of carbonyl (C=O) groups is 1. The Morgan fingerprint density at radius 3 is 2.61 bits per heavy atom. The number of benzene rings is 2. The third-order valence-electron chi connectivity index (χ3n) is 4.85. The average molecular weight is 381 g/mol. The van der Waals surface area contributed by atoms with E-state index in [1.807, 2.05) is 32.9 Å². The number of hydrogen-bond donors (Lipinski definition) is 0. The molecule has 1 amide bonds. The number of amides is 1. The summed E-state index contributed by atoms with van der Waals surface area (Å²) >= 11 is 0. The summed E-state index contributed by atoms with van der Waals surface area (Å²) < 4.78 is 15.2. The van der Waals surface area contributed by atoms with Crippen LogP contribution < -0.4 is 5.56 Å². The summed E-state index contributed by atoms with van der Waals surface area (Å²) in [6, 6.07) is 12.4. The summed E-state index contributed by atoms with van der Waals surface area (Å²) in [4.78, 5) is 32.4. The SMILES string of the molecule is CCCN(C(=O)c1cccc(F)c1)C(C)c1nc2ccccc2c(=O)n1CC. The molecule has 0 aliphatic carbocycles. The van der Waals surface area contributed by atoms with Crippen molar-refractivity contribution >= 4 is 16.8 Å². The molecule has 1 unspecified atom stereocenters. The summed E-state index contributed by atoms with van der Waals surface area (Å²) in [6.45, 7) is 6.63. The summed E-state index contributed by atoms with van der Waals surface area (Å²) in [5.41, 5.74) is 0.768. The molecule has 3 rings (SSSR count). The van der Waals surface area contributed by atoms with E-state index in [1.54, 1.807) is 27.7 Å².